The fourth-order valence-electron chi connectivity index (χ4n) is 2.49. The van der Waals surface area contributed by atoms with Crippen molar-refractivity contribution in [2.75, 3.05) is 26.2 Å². The molecule has 4 heteroatoms. The van der Waals surface area contributed by atoms with Gasteiger partial charge in [0.05, 0.1) is 6.54 Å². The van der Waals surface area contributed by atoms with E-state index >= 15 is 0 Å². The SMILES string of the molecule is O=C1CN(CC2Cc3ccccc3S2)CCN1. The minimum absolute atomic E-state index is 0.164. The molecule has 2 aliphatic heterocycles. The van der Waals surface area contributed by atoms with Crippen LogP contribution >= 0.6 is 11.8 Å². The number of hydrogen-bond donors (Lipinski definition) is 1. The van der Waals surface area contributed by atoms with Crippen LogP contribution in [-0.4, -0.2) is 42.2 Å². The van der Waals surface area contributed by atoms with Crippen molar-refractivity contribution < 1.29 is 4.79 Å². The number of thioether (sulfide) groups is 1. The molecule has 1 unspecified atom stereocenters. The lowest BCUT2D eigenvalue weighted by Crippen LogP contribution is -2.49. The molecule has 0 saturated carbocycles. The molecule has 0 spiro atoms. The van der Waals surface area contributed by atoms with Gasteiger partial charge in [0.1, 0.15) is 0 Å². The summed E-state index contributed by atoms with van der Waals surface area (Å²) in [6.07, 6.45) is 1.14. The molecular weight excluding hydrogens is 232 g/mol. The lowest BCUT2D eigenvalue weighted by atomic mass is 10.1. The molecule has 0 bridgehead atoms. The van der Waals surface area contributed by atoms with Crippen LogP contribution in [0.3, 0.4) is 0 Å². The highest BCUT2D eigenvalue weighted by Gasteiger charge is 2.25. The first-order valence-corrected chi connectivity index (χ1v) is 6.93. The van der Waals surface area contributed by atoms with E-state index in [1.807, 2.05) is 11.8 Å². The van der Waals surface area contributed by atoms with Gasteiger partial charge in [0.25, 0.3) is 0 Å². The van der Waals surface area contributed by atoms with Crippen molar-refractivity contribution in [1.29, 1.82) is 0 Å². The normalized spacial score (nSPS) is 24.5. The summed E-state index contributed by atoms with van der Waals surface area (Å²) in [5, 5.41) is 3.48. The zero-order valence-corrected chi connectivity index (χ0v) is 10.5. The van der Waals surface area contributed by atoms with Gasteiger partial charge in [-0.15, -0.1) is 11.8 Å². The number of nitrogens with zero attached hydrogens (tertiary/aromatic N) is 1. The minimum Gasteiger partial charge on any atom is -0.354 e. The fraction of sp³-hybridized carbons (Fsp3) is 0.462. The maximum atomic E-state index is 11.3. The van der Waals surface area contributed by atoms with Crippen LogP contribution in [-0.2, 0) is 11.2 Å². The maximum Gasteiger partial charge on any atom is 0.234 e. The van der Waals surface area contributed by atoms with Crippen molar-refractivity contribution in [3.05, 3.63) is 29.8 Å². The van der Waals surface area contributed by atoms with E-state index in [9.17, 15) is 4.79 Å². The summed E-state index contributed by atoms with van der Waals surface area (Å²) in [6, 6.07) is 8.62. The predicted molar refractivity (Wildman–Crippen MR) is 69.2 cm³/mol. The third-order valence-electron chi connectivity index (χ3n) is 3.29. The number of carbonyl (C=O) groups is 1. The molecule has 3 rings (SSSR count). The molecule has 1 amide bonds. The Morgan fingerprint density at radius 1 is 1.41 bits per heavy atom. The number of nitrogens with one attached hydrogen (secondary N) is 1. The number of fused-ring (bicyclic) bond motifs is 1. The van der Waals surface area contributed by atoms with E-state index in [0.717, 1.165) is 26.1 Å². The second kappa shape index (κ2) is 4.70. The Kier molecular flexibility index (Phi) is 3.07. The van der Waals surface area contributed by atoms with Crippen LogP contribution in [0, 0.1) is 0 Å². The van der Waals surface area contributed by atoms with Gasteiger partial charge in [-0.05, 0) is 18.1 Å². The van der Waals surface area contributed by atoms with Crippen LogP contribution in [0.15, 0.2) is 29.2 Å². The van der Waals surface area contributed by atoms with Gasteiger partial charge in [0.2, 0.25) is 5.91 Å². The molecule has 1 N–H and O–H groups in total. The standard InChI is InChI=1S/C13H16N2OS/c16-13-9-15(6-5-14-13)8-11-7-10-3-1-2-4-12(10)17-11/h1-4,11H,5-9H2,(H,14,16). The maximum absolute atomic E-state index is 11.3. The van der Waals surface area contributed by atoms with Gasteiger partial charge in [-0.3, -0.25) is 9.69 Å². The third-order valence-corrected chi connectivity index (χ3v) is 4.59. The smallest absolute Gasteiger partial charge is 0.234 e. The summed E-state index contributed by atoms with van der Waals surface area (Å²) in [7, 11) is 0. The lowest BCUT2D eigenvalue weighted by Gasteiger charge is -2.28. The molecule has 1 atom stereocenters. The second-order valence-corrected chi connectivity index (χ2v) is 5.98. The molecule has 90 valence electrons. The second-order valence-electron chi connectivity index (χ2n) is 4.64. The molecule has 1 aromatic carbocycles. The number of carbonyl (C=O) groups excluding carboxylic acids is 1. The Morgan fingerprint density at radius 2 is 2.29 bits per heavy atom. The van der Waals surface area contributed by atoms with Crippen LogP contribution in [0.25, 0.3) is 0 Å². The molecule has 0 radical (unpaired) electrons. The molecule has 0 aromatic heterocycles. The Morgan fingerprint density at radius 3 is 3.12 bits per heavy atom. The number of rotatable bonds is 2. The summed E-state index contributed by atoms with van der Waals surface area (Å²) < 4.78 is 0. The van der Waals surface area contributed by atoms with Gasteiger partial charge < -0.3 is 5.32 Å². The molecule has 17 heavy (non-hydrogen) atoms. The van der Waals surface area contributed by atoms with Crippen molar-refractivity contribution in [2.24, 2.45) is 0 Å². The quantitative estimate of drug-likeness (QED) is 0.851. The van der Waals surface area contributed by atoms with E-state index < -0.39 is 0 Å². The average Bonchev–Trinajstić information content (AvgIpc) is 2.71. The van der Waals surface area contributed by atoms with Crippen LogP contribution < -0.4 is 5.32 Å². The summed E-state index contributed by atoms with van der Waals surface area (Å²) >= 11 is 1.96. The lowest BCUT2D eigenvalue weighted by molar-refractivity contribution is -0.124. The number of amides is 1. The number of hydrogen-bond acceptors (Lipinski definition) is 3. The first kappa shape index (κ1) is 11.1. The van der Waals surface area contributed by atoms with Crippen molar-refractivity contribution in [2.45, 2.75) is 16.6 Å². The molecule has 1 saturated heterocycles. The topological polar surface area (TPSA) is 32.3 Å². The Balaban J connectivity index is 1.60. The van der Waals surface area contributed by atoms with E-state index in [-0.39, 0.29) is 5.91 Å². The van der Waals surface area contributed by atoms with Gasteiger partial charge in [-0.2, -0.15) is 0 Å². The highest BCUT2D eigenvalue weighted by atomic mass is 32.2. The van der Waals surface area contributed by atoms with Gasteiger partial charge >= 0.3 is 0 Å². The molecule has 1 aromatic rings. The van der Waals surface area contributed by atoms with Crippen LogP contribution in [0.1, 0.15) is 5.56 Å². The van der Waals surface area contributed by atoms with E-state index in [2.05, 4.69) is 34.5 Å². The average molecular weight is 248 g/mol. The number of benzene rings is 1. The van der Waals surface area contributed by atoms with E-state index in [1.165, 1.54) is 10.5 Å². The summed E-state index contributed by atoms with van der Waals surface area (Å²) in [4.78, 5) is 15.0. The largest absolute Gasteiger partial charge is 0.354 e. The first-order chi connectivity index (χ1) is 8.31. The van der Waals surface area contributed by atoms with Crippen LogP contribution in [0.2, 0.25) is 0 Å². The zero-order valence-electron chi connectivity index (χ0n) is 9.69. The van der Waals surface area contributed by atoms with Gasteiger partial charge in [0.15, 0.2) is 0 Å². The Hall–Kier alpha value is -1.00. The molecule has 0 aliphatic carbocycles. The molecule has 2 heterocycles. The first-order valence-electron chi connectivity index (χ1n) is 6.05. The Labute approximate surface area is 106 Å². The zero-order chi connectivity index (χ0) is 11.7. The monoisotopic (exact) mass is 248 g/mol. The minimum atomic E-state index is 0.164. The molecular formula is C13H16N2OS. The Bertz CT molecular complexity index is 410. The van der Waals surface area contributed by atoms with Crippen molar-refractivity contribution in [1.82, 2.24) is 10.2 Å². The van der Waals surface area contributed by atoms with Crippen molar-refractivity contribution >= 4 is 17.7 Å². The number of piperazine rings is 1. The van der Waals surface area contributed by atoms with Crippen molar-refractivity contribution in [3.8, 4) is 0 Å². The summed E-state index contributed by atoms with van der Waals surface area (Å²) in [5.41, 5.74) is 1.46. The molecule has 3 nitrogen and oxygen atoms in total. The highest BCUT2D eigenvalue weighted by Crippen LogP contribution is 2.36. The van der Waals surface area contributed by atoms with Gasteiger partial charge in [-0.25, -0.2) is 0 Å². The van der Waals surface area contributed by atoms with Crippen molar-refractivity contribution in [3.63, 3.8) is 0 Å². The molecule has 1 fully saturated rings. The van der Waals surface area contributed by atoms with E-state index in [1.54, 1.807) is 0 Å². The van der Waals surface area contributed by atoms with E-state index in [4.69, 9.17) is 0 Å². The summed E-state index contributed by atoms with van der Waals surface area (Å²) in [5.74, 6) is 0.164. The third kappa shape index (κ3) is 2.48. The van der Waals surface area contributed by atoms with Crippen LogP contribution in [0.4, 0.5) is 0 Å². The fourth-order valence-corrected chi connectivity index (χ4v) is 3.86. The highest BCUT2D eigenvalue weighted by molar-refractivity contribution is 8.00. The van der Waals surface area contributed by atoms with Gasteiger partial charge in [-0.1, -0.05) is 18.2 Å². The van der Waals surface area contributed by atoms with Crippen LogP contribution in [0.5, 0.6) is 0 Å². The predicted octanol–water partition coefficient (Wildman–Crippen LogP) is 1.14. The molecule has 2 aliphatic rings. The van der Waals surface area contributed by atoms with Gasteiger partial charge in [0, 0.05) is 29.8 Å². The van der Waals surface area contributed by atoms with E-state index in [0.29, 0.717) is 11.8 Å². The summed E-state index contributed by atoms with van der Waals surface area (Å²) in [6.45, 7) is 3.36.